The molecule has 238 valence electrons. The fourth-order valence-electron chi connectivity index (χ4n) is 7.06. The number of allylic oxidation sites excluding steroid dienone is 3. The summed E-state index contributed by atoms with van der Waals surface area (Å²) in [5.74, 6) is 0. The summed E-state index contributed by atoms with van der Waals surface area (Å²) in [7, 11) is 0. The largest absolute Gasteiger partial charge is 0.398 e. The first-order chi connectivity index (χ1) is 24.1. The Morgan fingerprint density at radius 1 is 0.490 bits per heavy atom. The molecule has 0 amide bonds. The van der Waals surface area contributed by atoms with Gasteiger partial charge in [-0.1, -0.05) is 147 Å². The van der Waals surface area contributed by atoms with E-state index < -0.39 is 0 Å². The molecule has 8 aromatic rings. The van der Waals surface area contributed by atoms with Crippen LogP contribution in [0.4, 0.5) is 0 Å². The fourth-order valence-corrected chi connectivity index (χ4v) is 7.06. The van der Waals surface area contributed by atoms with Crippen molar-refractivity contribution in [3.8, 4) is 44.5 Å². The van der Waals surface area contributed by atoms with Gasteiger partial charge < -0.3 is 5.73 Å². The van der Waals surface area contributed by atoms with Gasteiger partial charge in [0.05, 0.1) is 0 Å². The molecule has 0 fully saturated rings. The highest BCUT2D eigenvalue weighted by Gasteiger charge is 2.18. The van der Waals surface area contributed by atoms with Crippen LogP contribution in [0.5, 0.6) is 0 Å². The Labute approximate surface area is 290 Å². The molecule has 0 aliphatic heterocycles. The lowest BCUT2D eigenvalue weighted by atomic mass is 9.84. The molecule has 0 aromatic heterocycles. The number of hydrogen-bond acceptors (Lipinski definition) is 1. The number of aryl methyl sites for hydroxylation is 1. The summed E-state index contributed by atoms with van der Waals surface area (Å²) >= 11 is 0. The van der Waals surface area contributed by atoms with Crippen LogP contribution in [0, 0.1) is 6.92 Å². The second kappa shape index (κ2) is 13.7. The highest BCUT2D eigenvalue weighted by molar-refractivity contribution is 6.28. The third kappa shape index (κ3) is 6.01. The second-order valence-corrected chi connectivity index (χ2v) is 12.4. The predicted octanol–water partition coefficient (Wildman–Crippen LogP) is 13.5. The normalized spacial score (nSPS) is 11.8. The van der Waals surface area contributed by atoms with Crippen molar-refractivity contribution in [3.63, 3.8) is 0 Å². The molecule has 49 heavy (non-hydrogen) atoms. The average Bonchev–Trinajstić information content (AvgIpc) is 3.17. The van der Waals surface area contributed by atoms with Gasteiger partial charge in [-0.3, -0.25) is 0 Å². The van der Waals surface area contributed by atoms with Crippen LogP contribution in [-0.2, 0) is 0 Å². The molecule has 0 heterocycles. The number of nitrogens with two attached hydrogens (primary N) is 1. The maximum absolute atomic E-state index is 6.41. The van der Waals surface area contributed by atoms with E-state index >= 15 is 0 Å². The van der Waals surface area contributed by atoms with Crippen LogP contribution in [0.1, 0.15) is 31.9 Å². The van der Waals surface area contributed by atoms with Gasteiger partial charge >= 0.3 is 0 Å². The molecule has 0 bridgehead atoms. The summed E-state index contributed by atoms with van der Waals surface area (Å²) in [6, 6.07) is 53.4. The smallest absolute Gasteiger partial charge is 0.0387 e. The van der Waals surface area contributed by atoms with Crippen molar-refractivity contribution in [1.82, 2.24) is 0 Å². The standard InChI is InChI=1S/C46H35N.C2H6/c1-3-4-15-44(47)34-18-16-33(17-19-34)42-29-43(41-23-21-36-25-30(2)24-35-20-22-40(42)46(41)45(35)36)39-27-37(31-11-7-5-8-12-31)26-38(28-39)32-13-9-6-10-14-32;1-2/h3-29H,47H2,1-2H3;1-2H3/b4-3-,44-15-;. The predicted molar refractivity (Wildman–Crippen MR) is 215 cm³/mol. The molecule has 0 saturated heterocycles. The molecule has 8 aromatic carbocycles. The lowest BCUT2D eigenvalue weighted by Crippen LogP contribution is -1.96. The first-order valence-electron chi connectivity index (χ1n) is 17.2. The molecule has 8 rings (SSSR count). The van der Waals surface area contributed by atoms with Crippen LogP contribution in [-0.4, -0.2) is 0 Å². The first kappa shape index (κ1) is 31.7. The minimum atomic E-state index is 0.757. The lowest BCUT2D eigenvalue weighted by Gasteiger charge is -2.20. The van der Waals surface area contributed by atoms with E-state index in [0.717, 1.165) is 11.3 Å². The van der Waals surface area contributed by atoms with Crippen LogP contribution >= 0.6 is 0 Å². The van der Waals surface area contributed by atoms with E-state index in [1.807, 2.05) is 39.0 Å². The van der Waals surface area contributed by atoms with Gasteiger partial charge in [-0.25, -0.2) is 0 Å². The molecular formula is C48H41N. The molecule has 0 saturated carbocycles. The third-order valence-corrected chi connectivity index (χ3v) is 9.32. The monoisotopic (exact) mass is 631 g/mol. The Morgan fingerprint density at radius 2 is 1.00 bits per heavy atom. The Kier molecular flexibility index (Phi) is 8.83. The van der Waals surface area contributed by atoms with Crippen LogP contribution < -0.4 is 5.73 Å². The third-order valence-electron chi connectivity index (χ3n) is 9.32. The Morgan fingerprint density at radius 3 is 1.53 bits per heavy atom. The molecule has 1 heteroatoms. The van der Waals surface area contributed by atoms with Gasteiger partial charge in [-0.05, 0) is 132 Å². The fraction of sp³-hybridized carbons (Fsp3) is 0.0833. The van der Waals surface area contributed by atoms with Crippen molar-refractivity contribution in [3.05, 3.63) is 175 Å². The van der Waals surface area contributed by atoms with Crippen LogP contribution in [0.15, 0.2) is 164 Å². The molecule has 0 aliphatic rings. The molecule has 2 N–H and O–H groups in total. The first-order valence-corrected chi connectivity index (χ1v) is 17.2. The van der Waals surface area contributed by atoms with E-state index in [9.17, 15) is 0 Å². The highest BCUT2D eigenvalue weighted by Crippen LogP contribution is 2.45. The minimum absolute atomic E-state index is 0.757. The molecule has 0 aliphatic carbocycles. The second-order valence-electron chi connectivity index (χ2n) is 12.4. The zero-order valence-corrected chi connectivity index (χ0v) is 28.7. The zero-order valence-electron chi connectivity index (χ0n) is 28.7. The number of hydrogen-bond donors (Lipinski definition) is 1. The van der Waals surface area contributed by atoms with Crippen LogP contribution in [0.2, 0.25) is 0 Å². The Hall–Kier alpha value is -5.92. The summed E-state index contributed by atoms with van der Waals surface area (Å²) in [5.41, 5.74) is 19.1. The average molecular weight is 632 g/mol. The summed E-state index contributed by atoms with van der Waals surface area (Å²) in [4.78, 5) is 0. The topological polar surface area (TPSA) is 26.0 Å². The Bertz CT molecular complexity index is 2370. The van der Waals surface area contributed by atoms with Gasteiger partial charge in [-0.2, -0.15) is 0 Å². The summed E-state index contributed by atoms with van der Waals surface area (Å²) < 4.78 is 0. The number of benzene rings is 8. The lowest BCUT2D eigenvalue weighted by molar-refractivity contribution is 1.50. The highest BCUT2D eigenvalue weighted by atomic mass is 14.6. The van der Waals surface area contributed by atoms with E-state index in [1.165, 1.54) is 82.4 Å². The quantitative estimate of drug-likeness (QED) is 0.143. The maximum Gasteiger partial charge on any atom is 0.0387 e. The van der Waals surface area contributed by atoms with Crippen molar-refractivity contribution in [1.29, 1.82) is 0 Å². The van der Waals surface area contributed by atoms with Crippen molar-refractivity contribution in [2.45, 2.75) is 27.7 Å². The van der Waals surface area contributed by atoms with E-state index in [0.29, 0.717) is 0 Å². The van der Waals surface area contributed by atoms with Crippen LogP contribution in [0.3, 0.4) is 0 Å². The molecular weight excluding hydrogens is 591 g/mol. The van der Waals surface area contributed by atoms with Gasteiger partial charge in [0, 0.05) is 5.70 Å². The van der Waals surface area contributed by atoms with E-state index in [4.69, 9.17) is 5.73 Å². The van der Waals surface area contributed by atoms with Crippen molar-refractivity contribution in [2.75, 3.05) is 0 Å². The minimum Gasteiger partial charge on any atom is -0.398 e. The van der Waals surface area contributed by atoms with E-state index in [1.54, 1.807) is 0 Å². The van der Waals surface area contributed by atoms with Crippen LogP contribution in [0.25, 0.3) is 82.5 Å². The molecule has 0 atom stereocenters. The molecule has 1 nitrogen and oxygen atoms in total. The van der Waals surface area contributed by atoms with Crippen molar-refractivity contribution < 1.29 is 0 Å². The van der Waals surface area contributed by atoms with E-state index in [-0.39, 0.29) is 0 Å². The summed E-state index contributed by atoms with van der Waals surface area (Å²) in [5, 5.41) is 7.73. The van der Waals surface area contributed by atoms with Gasteiger partial charge in [0.2, 0.25) is 0 Å². The van der Waals surface area contributed by atoms with Crippen molar-refractivity contribution in [2.24, 2.45) is 5.73 Å². The van der Waals surface area contributed by atoms with Gasteiger partial charge in [0.15, 0.2) is 0 Å². The SMILES string of the molecule is C/C=C\C=C(/N)c1ccc(-c2cc(-c3cc(-c4ccccc4)cc(-c4ccccc4)c3)c3ccc4cc(C)cc5ccc2c3c54)cc1.CC. The molecule has 0 unspecified atom stereocenters. The summed E-state index contributed by atoms with van der Waals surface area (Å²) in [6.07, 6.45) is 5.92. The van der Waals surface area contributed by atoms with E-state index in [2.05, 4.69) is 153 Å². The Balaban J connectivity index is 0.00000186. The van der Waals surface area contributed by atoms with Gasteiger partial charge in [0.25, 0.3) is 0 Å². The summed E-state index contributed by atoms with van der Waals surface area (Å²) in [6.45, 7) is 8.18. The zero-order chi connectivity index (χ0) is 33.9. The molecule has 0 radical (unpaired) electrons. The molecule has 0 spiro atoms. The van der Waals surface area contributed by atoms with Crippen molar-refractivity contribution >= 4 is 38.0 Å². The maximum atomic E-state index is 6.41. The van der Waals surface area contributed by atoms with Gasteiger partial charge in [0.1, 0.15) is 0 Å². The van der Waals surface area contributed by atoms with Gasteiger partial charge in [-0.15, -0.1) is 0 Å². The number of rotatable bonds is 6.